The summed E-state index contributed by atoms with van der Waals surface area (Å²) < 4.78 is 0. The van der Waals surface area contributed by atoms with Crippen molar-refractivity contribution >= 4 is 11.8 Å². The molecule has 1 aliphatic heterocycles. The zero-order valence-electron chi connectivity index (χ0n) is 11.5. The second-order valence-corrected chi connectivity index (χ2v) is 5.62. The maximum Gasteiger partial charge on any atom is 0.261 e. The third-order valence-corrected chi connectivity index (χ3v) is 4.05. The van der Waals surface area contributed by atoms with Crippen molar-refractivity contribution < 1.29 is 14.7 Å². The second kappa shape index (κ2) is 4.78. The number of imide groups is 1. The van der Waals surface area contributed by atoms with Crippen LogP contribution in [-0.4, -0.2) is 34.5 Å². The SMILES string of the molecule is CCC(C)(C)C(O)CN1C(=O)c2ccccc2C1=O. The van der Waals surface area contributed by atoms with Gasteiger partial charge < -0.3 is 5.11 Å². The summed E-state index contributed by atoms with van der Waals surface area (Å²) in [7, 11) is 0. The van der Waals surface area contributed by atoms with Gasteiger partial charge in [0, 0.05) is 0 Å². The Hall–Kier alpha value is -1.68. The van der Waals surface area contributed by atoms with Gasteiger partial charge in [-0.1, -0.05) is 32.9 Å². The van der Waals surface area contributed by atoms with E-state index in [4.69, 9.17) is 0 Å². The largest absolute Gasteiger partial charge is 0.391 e. The lowest BCUT2D eigenvalue weighted by Gasteiger charge is -2.31. The Morgan fingerprint density at radius 3 is 2.05 bits per heavy atom. The van der Waals surface area contributed by atoms with E-state index in [1.54, 1.807) is 24.3 Å². The number of rotatable bonds is 4. The zero-order valence-corrected chi connectivity index (χ0v) is 11.5. The highest BCUT2D eigenvalue weighted by atomic mass is 16.3. The molecular weight excluding hydrogens is 242 g/mol. The van der Waals surface area contributed by atoms with Gasteiger partial charge in [0.05, 0.1) is 23.8 Å². The van der Waals surface area contributed by atoms with Crippen molar-refractivity contribution in [2.75, 3.05) is 6.54 Å². The van der Waals surface area contributed by atoms with Crippen LogP contribution in [0.2, 0.25) is 0 Å². The quantitative estimate of drug-likeness (QED) is 0.844. The average molecular weight is 261 g/mol. The van der Waals surface area contributed by atoms with Gasteiger partial charge in [-0.2, -0.15) is 0 Å². The van der Waals surface area contributed by atoms with Crippen LogP contribution < -0.4 is 0 Å². The van der Waals surface area contributed by atoms with E-state index >= 15 is 0 Å². The van der Waals surface area contributed by atoms with Crippen LogP contribution in [0, 0.1) is 5.41 Å². The number of carbonyl (C=O) groups excluding carboxylic acids is 2. The predicted octanol–water partition coefficient (Wildman–Crippen LogP) is 2.08. The number of hydrogen-bond donors (Lipinski definition) is 1. The molecule has 0 saturated carbocycles. The first-order chi connectivity index (χ1) is 8.88. The number of nitrogens with zero attached hydrogens (tertiary/aromatic N) is 1. The van der Waals surface area contributed by atoms with Gasteiger partial charge in [-0.3, -0.25) is 14.5 Å². The fraction of sp³-hybridized carbons (Fsp3) is 0.467. The molecule has 102 valence electrons. The fourth-order valence-corrected chi connectivity index (χ4v) is 2.06. The third kappa shape index (κ3) is 2.28. The zero-order chi connectivity index (χ0) is 14.2. The highest BCUT2D eigenvalue weighted by Gasteiger charge is 2.38. The molecule has 1 N–H and O–H groups in total. The number of hydrogen-bond acceptors (Lipinski definition) is 3. The van der Waals surface area contributed by atoms with Crippen LogP contribution in [0.4, 0.5) is 0 Å². The van der Waals surface area contributed by atoms with Gasteiger partial charge in [0.2, 0.25) is 0 Å². The van der Waals surface area contributed by atoms with Crippen molar-refractivity contribution in [2.24, 2.45) is 5.41 Å². The van der Waals surface area contributed by atoms with Crippen molar-refractivity contribution in [1.29, 1.82) is 0 Å². The molecule has 2 amide bonds. The summed E-state index contributed by atoms with van der Waals surface area (Å²) in [6, 6.07) is 6.76. The van der Waals surface area contributed by atoms with Gasteiger partial charge in [-0.25, -0.2) is 0 Å². The van der Waals surface area contributed by atoms with Crippen molar-refractivity contribution in [1.82, 2.24) is 4.90 Å². The lowest BCUT2D eigenvalue weighted by molar-refractivity contribution is 0.0175. The van der Waals surface area contributed by atoms with Crippen LogP contribution >= 0.6 is 0 Å². The van der Waals surface area contributed by atoms with E-state index in [1.807, 2.05) is 20.8 Å². The standard InChI is InChI=1S/C15H19NO3/c1-4-15(2,3)12(17)9-16-13(18)10-7-5-6-8-11(10)14(16)19/h5-8,12,17H,4,9H2,1-3H3. The molecule has 1 unspecified atom stereocenters. The van der Waals surface area contributed by atoms with Crippen molar-refractivity contribution in [2.45, 2.75) is 33.3 Å². The first-order valence-electron chi connectivity index (χ1n) is 6.51. The summed E-state index contributed by atoms with van der Waals surface area (Å²) in [6.07, 6.45) is 0.0526. The number of amides is 2. The molecule has 0 saturated heterocycles. The van der Waals surface area contributed by atoms with Gasteiger partial charge in [0.15, 0.2) is 0 Å². The maximum atomic E-state index is 12.2. The summed E-state index contributed by atoms with van der Waals surface area (Å²) in [4.78, 5) is 25.4. The Labute approximate surface area is 113 Å². The normalized spacial score (nSPS) is 16.7. The summed E-state index contributed by atoms with van der Waals surface area (Å²) in [5, 5.41) is 10.2. The van der Waals surface area contributed by atoms with Gasteiger partial charge in [0.25, 0.3) is 11.8 Å². The highest BCUT2D eigenvalue weighted by Crippen LogP contribution is 2.28. The molecule has 1 aliphatic rings. The Bertz CT molecular complexity index is 487. The molecule has 2 rings (SSSR count). The second-order valence-electron chi connectivity index (χ2n) is 5.62. The lowest BCUT2D eigenvalue weighted by atomic mass is 9.83. The van der Waals surface area contributed by atoms with E-state index in [0.29, 0.717) is 11.1 Å². The number of carbonyl (C=O) groups is 2. The van der Waals surface area contributed by atoms with Crippen molar-refractivity contribution in [3.05, 3.63) is 35.4 Å². The van der Waals surface area contributed by atoms with E-state index in [1.165, 1.54) is 0 Å². The van der Waals surface area contributed by atoms with Crippen LogP contribution in [0.15, 0.2) is 24.3 Å². The summed E-state index contributed by atoms with van der Waals surface area (Å²) >= 11 is 0. The van der Waals surface area contributed by atoms with Crippen LogP contribution in [0.25, 0.3) is 0 Å². The van der Waals surface area contributed by atoms with Gasteiger partial charge in [-0.15, -0.1) is 0 Å². The molecule has 1 aromatic rings. The van der Waals surface area contributed by atoms with Gasteiger partial charge in [0.1, 0.15) is 0 Å². The predicted molar refractivity (Wildman–Crippen MR) is 71.9 cm³/mol. The molecule has 1 aromatic carbocycles. The number of benzene rings is 1. The number of aliphatic hydroxyl groups is 1. The molecule has 0 aromatic heterocycles. The van der Waals surface area contributed by atoms with Crippen LogP contribution in [0.3, 0.4) is 0 Å². The molecule has 0 aliphatic carbocycles. The third-order valence-electron chi connectivity index (χ3n) is 4.05. The van der Waals surface area contributed by atoms with E-state index in [9.17, 15) is 14.7 Å². The average Bonchev–Trinajstić information content (AvgIpc) is 2.64. The molecule has 0 fully saturated rings. The minimum absolute atomic E-state index is 0.0488. The van der Waals surface area contributed by atoms with E-state index in [2.05, 4.69) is 0 Å². The monoisotopic (exact) mass is 261 g/mol. The number of aliphatic hydroxyl groups excluding tert-OH is 1. The molecule has 0 spiro atoms. The van der Waals surface area contributed by atoms with Gasteiger partial charge >= 0.3 is 0 Å². The topological polar surface area (TPSA) is 57.6 Å². The van der Waals surface area contributed by atoms with E-state index in [0.717, 1.165) is 11.3 Å². The Kier molecular flexibility index (Phi) is 3.45. The first kappa shape index (κ1) is 13.7. The molecule has 19 heavy (non-hydrogen) atoms. The summed E-state index contributed by atoms with van der Waals surface area (Å²) in [5.41, 5.74) is 0.526. The fourth-order valence-electron chi connectivity index (χ4n) is 2.06. The molecule has 0 bridgehead atoms. The lowest BCUT2D eigenvalue weighted by Crippen LogP contribution is -2.43. The summed E-state index contributed by atoms with van der Waals surface area (Å²) in [5.74, 6) is -0.627. The Balaban J connectivity index is 2.21. The highest BCUT2D eigenvalue weighted by molar-refractivity contribution is 6.21. The summed E-state index contributed by atoms with van der Waals surface area (Å²) in [6.45, 7) is 5.88. The maximum absolute atomic E-state index is 12.2. The molecule has 1 heterocycles. The van der Waals surface area contributed by atoms with E-state index in [-0.39, 0.29) is 23.8 Å². The number of fused-ring (bicyclic) bond motifs is 1. The Morgan fingerprint density at radius 1 is 1.16 bits per heavy atom. The van der Waals surface area contributed by atoms with E-state index < -0.39 is 6.10 Å². The minimum atomic E-state index is -0.722. The van der Waals surface area contributed by atoms with Crippen molar-refractivity contribution in [3.8, 4) is 0 Å². The van der Waals surface area contributed by atoms with Crippen LogP contribution in [0.1, 0.15) is 47.9 Å². The molecule has 4 heteroatoms. The molecule has 1 atom stereocenters. The molecule has 4 nitrogen and oxygen atoms in total. The molecule has 0 radical (unpaired) electrons. The van der Waals surface area contributed by atoms with Gasteiger partial charge in [-0.05, 0) is 24.0 Å². The molecular formula is C15H19NO3. The smallest absolute Gasteiger partial charge is 0.261 e. The minimum Gasteiger partial charge on any atom is -0.391 e. The van der Waals surface area contributed by atoms with Crippen molar-refractivity contribution in [3.63, 3.8) is 0 Å². The van der Waals surface area contributed by atoms with Crippen LogP contribution in [0.5, 0.6) is 0 Å². The first-order valence-corrected chi connectivity index (χ1v) is 6.51. The number of β-amino-alcohol motifs (C(OH)–C–C–N with tert-alkyl or cyclic N) is 1. The Morgan fingerprint density at radius 2 is 1.63 bits per heavy atom. The van der Waals surface area contributed by atoms with Crippen LogP contribution in [-0.2, 0) is 0 Å².